The van der Waals surface area contributed by atoms with Gasteiger partial charge >= 0.3 is 51.4 Å². The first-order valence-electron chi connectivity index (χ1n) is 4.55. The number of nitro benzene ring substituents is 1. The third kappa shape index (κ3) is 2.96. The Hall–Kier alpha value is -0.354. The van der Waals surface area contributed by atoms with Crippen molar-refractivity contribution in [2.24, 2.45) is 0 Å². The number of non-ortho nitro benzene ring substituents is 1. The molecule has 0 saturated carbocycles. The van der Waals surface area contributed by atoms with Crippen molar-refractivity contribution in [2.75, 3.05) is 0 Å². The minimum absolute atomic E-state index is 0. The summed E-state index contributed by atoms with van der Waals surface area (Å²) in [5, 5.41) is 11.1. The smallest absolute Gasteiger partial charge is 0.282 e. The minimum Gasteiger partial charge on any atom is -0.282 e. The fraction of sp³-hybridized carbons (Fsp3) is 0. The van der Waals surface area contributed by atoms with Crippen molar-refractivity contribution in [2.45, 2.75) is 4.90 Å². The Morgan fingerprint density at radius 2 is 1.61 bits per heavy atom. The van der Waals surface area contributed by atoms with Crippen LogP contribution in [-0.2, 0) is 10.1 Å². The summed E-state index contributed by atoms with van der Waals surface area (Å²) in [6.07, 6.45) is 0. The molecule has 0 spiro atoms. The molecule has 0 aliphatic carbocycles. The maximum atomic E-state index is 11.1. The minimum atomic E-state index is -4.39. The predicted molar refractivity (Wildman–Crippen MR) is 60.4 cm³/mol. The van der Waals surface area contributed by atoms with Crippen LogP contribution < -0.4 is 51.4 Å². The number of fused-ring (bicyclic) bond motifs is 1. The molecule has 0 bridgehead atoms. The molecule has 0 heterocycles. The van der Waals surface area contributed by atoms with Crippen molar-refractivity contribution in [1.29, 1.82) is 0 Å². The summed E-state index contributed by atoms with van der Waals surface area (Å²) in [6.45, 7) is 0. The van der Waals surface area contributed by atoms with Gasteiger partial charge in [0, 0.05) is 11.5 Å². The van der Waals surface area contributed by atoms with E-state index in [1.807, 2.05) is 0 Å². The molecule has 0 aliphatic heterocycles. The van der Waals surface area contributed by atoms with Gasteiger partial charge in [-0.3, -0.25) is 14.7 Å². The van der Waals surface area contributed by atoms with Crippen LogP contribution in [0.2, 0.25) is 0 Å². The maximum Gasteiger partial charge on any atom is 1.00 e. The van der Waals surface area contributed by atoms with Crippen LogP contribution >= 0.6 is 0 Å². The van der Waals surface area contributed by atoms with Gasteiger partial charge in [-0.05, 0) is 12.1 Å². The molecule has 2 aromatic carbocycles. The van der Waals surface area contributed by atoms with Crippen LogP contribution in [0.3, 0.4) is 0 Å². The van der Waals surface area contributed by atoms with Gasteiger partial charge in [0.1, 0.15) is 4.90 Å². The number of rotatable bonds is 2. The van der Waals surface area contributed by atoms with Crippen LogP contribution in [-0.4, -0.2) is 17.9 Å². The zero-order valence-corrected chi connectivity index (χ0v) is 13.3. The van der Waals surface area contributed by atoms with Crippen LogP contribution in [0.15, 0.2) is 41.3 Å². The summed E-state index contributed by atoms with van der Waals surface area (Å²) in [5.74, 6) is 0. The molecule has 6 nitrogen and oxygen atoms in total. The summed E-state index contributed by atoms with van der Waals surface area (Å²) >= 11 is 0. The van der Waals surface area contributed by atoms with Crippen molar-refractivity contribution in [3.05, 3.63) is 46.5 Å². The van der Waals surface area contributed by atoms with Gasteiger partial charge in [-0.1, -0.05) is 18.2 Å². The molecule has 0 unspecified atom stereocenters. The van der Waals surface area contributed by atoms with Crippen molar-refractivity contribution < 1.29 is 69.3 Å². The van der Waals surface area contributed by atoms with Gasteiger partial charge in [0.2, 0.25) is 0 Å². The van der Waals surface area contributed by atoms with Crippen LogP contribution in [0, 0.1) is 10.1 Å². The van der Waals surface area contributed by atoms with Crippen LogP contribution in [0.4, 0.5) is 5.69 Å². The monoisotopic (exact) mass is 292 g/mol. The molecule has 0 radical (unpaired) electrons. The van der Waals surface area contributed by atoms with Gasteiger partial charge in [-0.25, -0.2) is 0 Å². The fourth-order valence-corrected chi connectivity index (χ4v) is 2.36. The van der Waals surface area contributed by atoms with Crippen molar-refractivity contribution in [3.63, 3.8) is 0 Å². The van der Waals surface area contributed by atoms with Gasteiger partial charge in [0.05, 0.1) is 10.3 Å². The SMILES string of the molecule is O=[N+]([O-])c1cccc2c(S(=O)(=O)O)cccc12.[K+]. The second-order valence-corrected chi connectivity index (χ2v) is 4.75. The molecule has 2 aromatic rings. The molecule has 0 amide bonds. The van der Waals surface area contributed by atoms with Gasteiger partial charge in [-0.2, -0.15) is 8.42 Å². The van der Waals surface area contributed by atoms with Crippen LogP contribution in [0.1, 0.15) is 0 Å². The summed E-state index contributed by atoms with van der Waals surface area (Å²) < 4.78 is 31.2. The summed E-state index contributed by atoms with van der Waals surface area (Å²) in [6, 6.07) is 8.03. The Kier molecular flexibility index (Phi) is 5.01. The Balaban J connectivity index is 0.00000162. The Bertz CT molecular complexity index is 713. The van der Waals surface area contributed by atoms with E-state index in [2.05, 4.69) is 0 Å². The molecule has 8 heteroatoms. The molecule has 88 valence electrons. The molecule has 18 heavy (non-hydrogen) atoms. The van der Waals surface area contributed by atoms with Crippen LogP contribution in [0.5, 0.6) is 0 Å². The molecule has 0 fully saturated rings. The normalized spacial score (nSPS) is 10.9. The van der Waals surface area contributed by atoms with Gasteiger partial charge in [-0.15, -0.1) is 0 Å². The number of hydrogen-bond acceptors (Lipinski definition) is 4. The van der Waals surface area contributed by atoms with Gasteiger partial charge in [0.25, 0.3) is 15.8 Å². The first-order chi connectivity index (χ1) is 7.91. The summed E-state index contributed by atoms with van der Waals surface area (Å²) in [5.41, 5.74) is -0.201. The fourth-order valence-electron chi connectivity index (χ4n) is 1.65. The van der Waals surface area contributed by atoms with Crippen LogP contribution in [0.25, 0.3) is 10.8 Å². The first kappa shape index (κ1) is 15.7. The number of nitrogens with zero attached hydrogens (tertiary/aromatic N) is 1. The molecule has 1 N–H and O–H groups in total. The second kappa shape index (κ2) is 5.74. The Morgan fingerprint density at radius 1 is 1.06 bits per heavy atom. The zero-order chi connectivity index (χ0) is 12.6. The van der Waals surface area contributed by atoms with Crippen molar-refractivity contribution in [3.8, 4) is 0 Å². The van der Waals surface area contributed by atoms with E-state index < -0.39 is 15.0 Å². The third-order valence-corrected chi connectivity index (χ3v) is 3.25. The first-order valence-corrected chi connectivity index (χ1v) is 5.99. The van der Waals surface area contributed by atoms with E-state index in [1.165, 1.54) is 36.4 Å². The van der Waals surface area contributed by atoms with E-state index >= 15 is 0 Å². The molecule has 0 atom stereocenters. The average molecular weight is 292 g/mol. The van der Waals surface area contributed by atoms with Gasteiger partial charge in [0.15, 0.2) is 0 Å². The van der Waals surface area contributed by atoms with E-state index in [0.29, 0.717) is 0 Å². The zero-order valence-electron chi connectivity index (χ0n) is 9.40. The Labute approximate surface area is 145 Å². The number of nitro groups is 1. The van der Waals surface area contributed by atoms with E-state index in [9.17, 15) is 18.5 Å². The third-order valence-electron chi connectivity index (χ3n) is 2.33. The standard InChI is InChI=1S/C10H7NO5S.K/c12-11(13)9-5-1-4-8-7(9)3-2-6-10(8)17(14,15)16;/h1-6H,(H,14,15,16);/q;+1. The van der Waals surface area contributed by atoms with Crippen molar-refractivity contribution in [1.82, 2.24) is 0 Å². The Morgan fingerprint density at radius 3 is 2.17 bits per heavy atom. The largest absolute Gasteiger partial charge is 1.00 e. The van der Waals surface area contributed by atoms with E-state index in [1.54, 1.807) is 0 Å². The molecule has 0 saturated heterocycles. The molecular weight excluding hydrogens is 285 g/mol. The molecular formula is C10H7KNO5S+. The predicted octanol–water partition coefficient (Wildman–Crippen LogP) is -1.00. The maximum absolute atomic E-state index is 11.1. The molecule has 0 aromatic heterocycles. The number of hydrogen-bond donors (Lipinski definition) is 1. The molecule has 0 aliphatic rings. The second-order valence-electron chi connectivity index (χ2n) is 3.36. The van der Waals surface area contributed by atoms with E-state index in [-0.39, 0.29) is 72.7 Å². The average Bonchev–Trinajstić information content (AvgIpc) is 2.26. The number of benzene rings is 2. The summed E-state index contributed by atoms with van der Waals surface area (Å²) in [7, 11) is -4.39. The topological polar surface area (TPSA) is 97.5 Å². The molecule has 2 rings (SSSR count). The van der Waals surface area contributed by atoms with E-state index in [4.69, 9.17) is 4.55 Å². The van der Waals surface area contributed by atoms with Gasteiger partial charge < -0.3 is 0 Å². The quantitative estimate of drug-likeness (QED) is 0.331. The summed E-state index contributed by atoms with van der Waals surface area (Å²) in [4.78, 5) is 9.83. The van der Waals surface area contributed by atoms with E-state index in [0.717, 1.165) is 0 Å². The van der Waals surface area contributed by atoms with Crippen molar-refractivity contribution >= 4 is 26.6 Å².